The van der Waals surface area contributed by atoms with E-state index in [1.807, 2.05) is 13.8 Å². The van der Waals surface area contributed by atoms with Gasteiger partial charge >= 0.3 is 11.9 Å². The van der Waals surface area contributed by atoms with E-state index in [9.17, 15) is 9.59 Å². The maximum absolute atomic E-state index is 10.7. The van der Waals surface area contributed by atoms with Crippen molar-refractivity contribution in [2.75, 3.05) is 6.61 Å². The van der Waals surface area contributed by atoms with Crippen LogP contribution in [0.15, 0.2) is 11.6 Å². The highest BCUT2D eigenvalue weighted by Crippen LogP contribution is 2.10. The number of hydrogen-bond donors (Lipinski definition) is 2. The van der Waals surface area contributed by atoms with Gasteiger partial charge < -0.3 is 14.9 Å². The van der Waals surface area contributed by atoms with E-state index >= 15 is 0 Å². The average molecular weight is 230 g/mol. The van der Waals surface area contributed by atoms with Gasteiger partial charge in [0, 0.05) is 18.3 Å². The molecule has 2 N–H and O–H groups in total. The van der Waals surface area contributed by atoms with Gasteiger partial charge in [-0.25, -0.2) is 9.59 Å². The monoisotopic (exact) mass is 230 g/mol. The zero-order valence-electron chi connectivity index (χ0n) is 9.60. The molecule has 0 saturated carbocycles. The fraction of sp³-hybridized carbons (Fsp3) is 0.636. The Labute approximate surface area is 94.7 Å². The Bertz CT molecular complexity index is 270. The Morgan fingerprint density at radius 2 is 2.00 bits per heavy atom. The maximum atomic E-state index is 10.7. The van der Waals surface area contributed by atoms with E-state index in [1.165, 1.54) is 0 Å². The molecule has 1 unspecified atom stereocenters. The molecule has 0 rings (SSSR count). The Hall–Kier alpha value is -1.36. The second kappa shape index (κ2) is 7.87. The van der Waals surface area contributed by atoms with E-state index in [0.29, 0.717) is 13.0 Å². The second-order valence-electron chi connectivity index (χ2n) is 3.53. The third-order valence-corrected chi connectivity index (χ3v) is 2.00. The predicted octanol–water partition coefficient (Wildman–Crippen LogP) is 1.68. The summed E-state index contributed by atoms with van der Waals surface area (Å²) in [6.07, 6.45) is 2.28. The van der Waals surface area contributed by atoms with Crippen LogP contribution < -0.4 is 0 Å². The van der Waals surface area contributed by atoms with E-state index in [0.717, 1.165) is 12.5 Å². The fourth-order valence-electron chi connectivity index (χ4n) is 1.15. The quantitative estimate of drug-likeness (QED) is 0.620. The normalized spacial score (nSPS) is 13.5. The Morgan fingerprint density at radius 1 is 1.38 bits per heavy atom. The summed E-state index contributed by atoms with van der Waals surface area (Å²) in [7, 11) is 0. The topological polar surface area (TPSA) is 83.8 Å². The van der Waals surface area contributed by atoms with Gasteiger partial charge in [-0.2, -0.15) is 0 Å². The number of hydrogen-bond acceptors (Lipinski definition) is 3. The van der Waals surface area contributed by atoms with Crippen molar-refractivity contribution in [1.82, 2.24) is 0 Å². The van der Waals surface area contributed by atoms with Gasteiger partial charge in [-0.05, 0) is 26.2 Å². The van der Waals surface area contributed by atoms with Crippen molar-refractivity contribution >= 4 is 11.9 Å². The van der Waals surface area contributed by atoms with Crippen molar-refractivity contribution in [3.8, 4) is 0 Å². The number of carboxylic acids is 2. The molecule has 0 amide bonds. The van der Waals surface area contributed by atoms with Crippen LogP contribution in [0, 0.1) is 0 Å². The minimum absolute atomic E-state index is 0.0588. The number of rotatable bonds is 8. The molecule has 0 aromatic heterocycles. The first-order valence-electron chi connectivity index (χ1n) is 5.25. The molecule has 0 fully saturated rings. The van der Waals surface area contributed by atoms with E-state index in [4.69, 9.17) is 14.9 Å². The number of carboxylic acid groups (broad SMARTS) is 2. The smallest absolute Gasteiger partial charge is 0.331 e. The number of aliphatic carboxylic acids is 2. The van der Waals surface area contributed by atoms with Crippen molar-refractivity contribution in [1.29, 1.82) is 0 Å². The highest BCUT2D eigenvalue weighted by Gasteiger charge is 2.11. The summed E-state index contributed by atoms with van der Waals surface area (Å²) in [5.41, 5.74) is -0.0977. The summed E-state index contributed by atoms with van der Waals surface area (Å²) < 4.78 is 5.36. The van der Waals surface area contributed by atoms with Gasteiger partial charge in [-0.3, -0.25) is 0 Å². The van der Waals surface area contributed by atoms with Gasteiger partial charge in [0.25, 0.3) is 0 Å². The third-order valence-electron chi connectivity index (χ3n) is 2.00. The van der Waals surface area contributed by atoms with Crippen LogP contribution >= 0.6 is 0 Å². The molecule has 5 nitrogen and oxygen atoms in total. The molecule has 0 radical (unpaired) electrons. The van der Waals surface area contributed by atoms with Crippen LogP contribution in [0.25, 0.3) is 0 Å². The number of ether oxygens (including phenoxy) is 1. The summed E-state index contributed by atoms with van der Waals surface area (Å²) in [5, 5.41) is 17.2. The van der Waals surface area contributed by atoms with E-state index in [-0.39, 0.29) is 18.1 Å². The van der Waals surface area contributed by atoms with Crippen molar-refractivity contribution in [2.24, 2.45) is 0 Å². The van der Waals surface area contributed by atoms with E-state index < -0.39 is 11.9 Å². The molecule has 5 heteroatoms. The molecule has 0 saturated heterocycles. The molecule has 0 aliphatic heterocycles. The molecule has 0 heterocycles. The molecule has 0 aromatic carbocycles. The van der Waals surface area contributed by atoms with Crippen LogP contribution in [0.4, 0.5) is 0 Å². The second-order valence-corrected chi connectivity index (χ2v) is 3.53. The van der Waals surface area contributed by atoms with Crippen LogP contribution in [0.1, 0.15) is 33.1 Å². The largest absolute Gasteiger partial charge is 0.478 e. The predicted molar refractivity (Wildman–Crippen MR) is 58.3 cm³/mol. The van der Waals surface area contributed by atoms with Gasteiger partial charge in [0.1, 0.15) is 0 Å². The molecule has 0 aromatic rings. The molecule has 0 bridgehead atoms. The van der Waals surface area contributed by atoms with Crippen molar-refractivity contribution in [3.63, 3.8) is 0 Å². The molecule has 92 valence electrons. The lowest BCUT2D eigenvalue weighted by atomic mass is 10.1. The van der Waals surface area contributed by atoms with Crippen molar-refractivity contribution < 1.29 is 24.5 Å². The Balaban J connectivity index is 4.13. The Kier molecular flexibility index (Phi) is 7.20. The molecule has 0 aliphatic rings. The zero-order valence-corrected chi connectivity index (χ0v) is 9.60. The summed E-state index contributed by atoms with van der Waals surface area (Å²) in [6.45, 7) is 4.46. The minimum atomic E-state index is -1.24. The first-order valence-corrected chi connectivity index (χ1v) is 5.25. The summed E-state index contributed by atoms with van der Waals surface area (Å²) in [5.74, 6) is -2.43. The molecule has 1 atom stereocenters. The van der Waals surface area contributed by atoms with Crippen molar-refractivity contribution in [2.45, 2.75) is 39.2 Å². The third kappa shape index (κ3) is 7.00. The van der Waals surface area contributed by atoms with E-state index in [2.05, 4.69) is 0 Å². The van der Waals surface area contributed by atoms with Crippen LogP contribution in [0.3, 0.4) is 0 Å². The summed E-state index contributed by atoms with van der Waals surface area (Å²) >= 11 is 0. The molecular formula is C11H18O5. The van der Waals surface area contributed by atoms with Crippen molar-refractivity contribution in [3.05, 3.63) is 11.6 Å². The lowest BCUT2D eigenvalue weighted by Crippen LogP contribution is -2.12. The SMILES string of the molecule is CCCOC(C)CC/C(=C/C(=O)O)C(=O)O. The number of carbonyl (C=O) groups is 2. The van der Waals surface area contributed by atoms with Gasteiger partial charge in [-0.1, -0.05) is 6.92 Å². The van der Waals surface area contributed by atoms with E-state index in [1.54, 1.807) is 0 Å². The van der Waals surface area contributed by atoms with Crippen LogP contribution in [0.2, 0.25) is 0 Å². The standard InChI is InChI=1S/C11H18O5/c1-3-6-16-8(2)4-5-9(11(14)15)7-10(12)13/h7-8H,3-6H2,1-2H3,(H,12,13)(H,14,15)/b9-7-. The highest BCUT2D eigenvalue weighted by molar-refractivity contribution is 5.94. The first-order chi connectivity index (χ1) is 7.47. The fourth-order valence-corrected chi connectivity index (χ4v) is 1.15. The zero-order chi connectivity index (χ0) is 12.6. The first kappa shape index (κ1) is 14.6. The molecular weight excluding hydrogens is 212 g/mol. The molecule has 0 aliphatic carbocycles. The van der Waals surface area contributed by atoms with Gasteiger partial charge in [-0.15, -0.1) is 0 Å². The van der Waals surface area contributed by atoms with Crippen LogP contribution in [-0.2, 0) is 14.3 Å². The van der Waals surface area contributed by atoms with Gasteiger partial charge in [0.15, 0.2) is 0 Å². The van der Waals surface area contributed by atoms with Gasteiger partial charge in [0.2, 0.25) is 0 Å². The van der Waals surface area contributed by atoms with Gasteiger partial charge in [0.05, 0.1) is 6.10 Å². The lowest BCUT2D eigenvalue weighted by Gasteiger charge is -2.11. The summed E-state index contributed by atoms with van der Waals surface area (Å²) in [6, 6.07) is 0. The highest BCUT2D eigenvalue weighted by atomic mass is 16.5. The Morgan fingerprint density at radius 3 is 2.44 bits per heavy atom. The summed E-state index contributed by atoms with van der Waals surface area (Å²) in [4.78, 5) is 21.0. The molecule has 0 spiro atoms. The lowest BCUT2D eigenvalue weighted by molar-refractivity contribution is -0.135. The maximum Gasteiger partial charge on any atom is 0.331 e. The minimum Gasteiger partial charge on any atom is -0.478 e. The van der Waals surface area contributed by atoms with Crippen LogP contribution in [-0.4, -0.2) is 34.9 Å². The molecule has 16 heavy (non-hydrogen) atoms. The average Bonchev–Trinajstić information content (AvgIpc) is 2.20. The van der Waals surface area contributed by atoms with Crippen LogP contribution in [0.5, 0.6) is 0 Å².